The summed E-state index contributed by atoms with van der Waals surface area (Å²) in [6.07, 6.45) is 10.5. The van der Waals surface area contributed by atoms with Crippen molar-refractivity contribution in [3.05, 3.63) is 143 Å². The minimum Gasteiger partial charge on any atom is -0.0789 e. The Balaban J connectivity index is 1.51. The molecule has 0 amide bonds. The number of benzene rings is 4. The summed E-state index contributed by atoms with van der Waals surface area (Å²) in [6.45, 7) is 0. The molecule has 0 radical (unpaired) electrons. The molecule has 0 aromatic heterocycles. The van der Waals surface area contributed by atoms with E-state index < -0.39 is 0 Å². The van der Waals surface area contributed by atoms with Gasteiger partial charge in [-0.1, -0.05) is 109 Å². The fourth-order valence-corrected chi connectivity index (χ4v) is 7.35. The van der Waals surface area contributed by atoms with Crippen molar-refractivity contribution in [2.75, 3.05) is 0 Å². The second kappa shape index (κ2) is 5.78. The van der Waals surface area contributed by atoms with Gasteiger partial charge in [0.15, 0.2) is 0 Å². The molecule has 0 bridgehead atoms. The van der Waals surface area contributed by atoms with E-state index in [1.54, 1.807) is 11.1 Å². The van der Waals surface area contributed by atoms with Crippen LogP contribution >= 0.6 is 0 Å². The maximum Gasteiger partial charge on any atom is 0.0538 e. The number of allylic oxidation sites excluding steroid dienone is 4. The first kappa shape index (κ1) is 17.0. The van der Waals surface area contributed by atoms with Gasteiger partial charge in [0.05, 0.1) is 5.41 Å². The molecule has 4 aromatic rings. The fraction of sp³-hybridized carbons (Fsp3) is 0.125. The summed E-state index contributed by atoms with van der Waals surface area (Å²) in [5.41, 5.74) is 14.6. The van der Waals surface area contributed by atoms with Crippen LogP contribution in [0, 0.1) is 5.92 Å². The fourth-order valence-electron chi connectivity index (χ4n) is 7.35. The van der Waals surface area contributed by atoms with Crippen LogP contribution in [0.25, 0.3) is 22.3 Å². The van der Waals surface area contributed by atoms with Gasteiger partial charge in [-0.15, -0.1) is 0 Å². The summed E-state index contributed by atoms with van der Waals surface area (Å²) in [5, 5.41) is 0. The van der Waals surface area contributed by atoms with E-state index in [2.05, 4.69) is 109 Å². The van der Waals surface area contributed by atoms with Gasteiger partial charge in [0.1, 0.15) is 0 Å². The molecule has 0 saturated heterocycles. The van der Waals surface area contributed by atoms with E-state index in [4.69, 9.17) is 0 Å². The van der Waals surface area contributed by atoms with Crippen molar-refractivity contribution in [1.82, 2.24) is 0 Å². The minimum absolute atomic E-state index is 0.113. The first-order chi connectivity index (χ1) is 15.9. The standard InChI is InChI=1S/C32H22/c1-2-10-21-20(9-1)19-26-22(21)17-18-30-31(26)25-13-5-8-16-29(25)32(30)27-14-6-3-11-23(27)24-12-4-7-15-28(24)32/h1-18,25,29H,19H2. The summed E-state index contributed by atoms with van der Waals surface area (Å²) >= 11 is 0. The highest BCUT2D eigenvalue weighted by molar-refractivity contribution is 5.88. The Morgan fingerprint density at radius 2 is 1.22 bits per heavy atom. The van der Waals surface area contributed by atoms with Crippen molar-refractivity contribution in [3.8, 4) is 22.3 Å². The number of hydrogen-bond donors (Lipinski definition) is 0. The van der Waals surface area contributed by atoms with Crippen molar-refractivity contribution in [1.29, 1.82) is 0 Å². The van der Waals surface area contributed by atoms with Gasteiger partial charge in [-0.05, 0) is 62.1 Å². The molecule has 0 heteroatoms. The largest absolute Gasteiger partial charge is 0.0789 e. The predicted molar refractivity (Wildman–Crippen MR) is 131 cm³/mol. The summed E-state index contributed by atoms with van der Waals surface area (Å²) < 4.78 is 0. The van der Waals surface area contributed by atoms with E-state index in [0.29, 0.717) is 11.8 Å². The molecule has 4 aromatic carbocycles. The lowest BCUT2D eigenvalue weighted by atomic mass is 9.65. The Morgan fingerprint density at radius 1 is 0.562 bits per heavy atom. The lowest BCUT2D eigenvalue weighted by molar-refractivity contribution is 0.465. The summed E-state index contributed by atoms with van der Waals surface area (Å²) in [7, 11) is 0. The van der Waals surface area contributed by atoms with Gasteiger partial charge in [0.25, 0.3) is 0 Å². The molecule has 0 fully saturated rings. The highest BCUT2D eigenvalue weighted by Crippen LogP contribution is 2.66. The third-order valence-corrected chi connectivity index (χ3v) is 8.42. The molecule has 0 aliphatic heterocycles. The molecule has 4 aliphatic rings. The third-order valence-electron chi connectivity index (χ3n) is 8.42. The molecule has 4 aliphatic carbocycles. The lowest BCUT2D eigenvalue weighted by Crippen LogP contribution is -2.32. The monoisotopic (exact) mass is 406 g/mol. The Labute approximate surface area is 188 Å². The van der Waals surface area contributed by atoms with Gasteiger partial charge in [-0.2, -0.15) is 0 Å². The van der Waals surface area contributed by atoms with E-state index in [0.717, 1.165) is 6.42 Å². The van der Waals surface area contributed by atoms with Gasteiger partial charge < -0.3 is 0 Å². The molecular weight excluding hydrogens is 384 g/mol. The molecule has 1 spiro atoms. The zero-order valence-corrected chi connectivity index (χ0v) is 17.8. The Bertz CT molecular complexity index is 1470. The van der Waals surface area contributed by atoms with Crippen LogP contribution in [0.4, 0.5) is 0 Å². The van der Waals surface area contributed by atoms with Crippen molar-refractivity contribution < 1.29 is 0 Å². The Kier molecular flexibility index (Phi) is 3.07. The SMILES string of the molecule is C1=CC2c3c(ccc4c3Cc3ccccc3-4)C3(c4ccccc4-c4ccccc43)C2C=C1. The number of rotatable bonds is 0. The second-order valence-electron chi connectivity index (χ2n) is 9.61. The summed E-state index contributed by atoms with van der Waals surface area (Å²) in [6, 6.07) is 32.1. The lowest BCUT2D eigenvalue weighted by Gasteiger charge is -2.36. The zero-order valence-electron chi connectivity index (χ0n) is 17.8. The second-order valence-corrected chi connectivity index (χ2v) is 9.61. The van der Waals surface area contributed by atoms with Crippen LogP contribution in [0.5, 0.6) is 0 Å². The van der Waals surface area contributed by atoms with E-state index in [-0.39, 0.29) is 5.41 Å². The minimum atomic E-state index is -0.113. The van der Waals surface area contributed by atoms with Crippen LogP contribution in [-0.2, 0) is 11.8 Å². The average Bonchev–Trinajstić information content (AvgIpc) is 3.48. The van der Waals surface area contributed by atoms with Gasteiger partial charge >= 0.3 is 0 Å². The van der Waals surface area contributed by atoms with Crippen molar-refractivity contribution in [2.24, 2.45) is 5.92 Å². The van der Waals surface area contributed by atoms with Crippen molar-refractivity contribution in [3.63, 3.8) is 0 Å². The maximum absolute atomic E-state index is 2.48. The Hall–Kier alpha value is -3.64. The van der Waals surface area contributed by atoms with Crippen LogP contribution in [0.2, 0.25) is 0 Å². The smallest absolute Gasteiger partial charge is 0.0538 e. The summed E-state index contributed by atoms with van der Waals surface area (Å²) in [4.78, 5) is 0. The van der Waals surface area contributed by atoms with Gasteiger partial charge in [0, 0.05) is 11.8 Å². The molecule has 2 unspecified atom stereocenters. The quantitative estimate of drug-likeness (QED) is 0.251. The van der Waals surface area contributed by atoms with Gasteiger partial charge in [-0.3, -0.25) is 0 Å². The first-order valence-electron chi connectivity index (χ1n) is 11.7. The summed E-state index contributed by atoms with van der Waals surface area (Å²) in [5.74, 6) is 0.820. The maximum atomic E-state index is 2.48. The van der Waals surface area contributed by atoms with Crippen LogP contribution in [0.15, 0.2) is 109 Å². The third kappa shape index (κ3) is 1.79. The van der Waals surface area contributed by atoms with Crippen LogP contribution in [-0.4, -0.2) is 0 Å². The highest BCUT2D eigenvalue weighted by atomic mass is 14.6. The van der Waals surface area contributed by atoms with Crippen molar-refractivity contribution in [2.45, 2.75) is 17.8 Å². The van der Waals surface area contributed by atoms with E-state index in [1.807, 2.05) is 0 Å². The predicted octanol–water partition coefficient (Wildman–Crippen LogP) is 7.41. The molecule has 0 nitrogen and oxygen atoms in total. The average molecular weight is 407 g/mol. The van der Waals surface area contributed by atoms with Crippen molar-refractivity contribution >= 4 is 0 Å². The van der Waals surface area contributed by atoms with E-state index >= 15 is 0 Å². The van der Waals surface area contributed by atoms with E-state index in [9.17, 15) is 0 Å². The molecule has 32 heavy (non-hydrogen) atoms. The number of hydrogen-bond acceptors (Lipinski definition) is 0. The zero-order chi connectivity index (χ0) is 20.9. The van der Waals surface area contributed by atoms with Gasteiger partial charge in [-0.25, -0.2) is 0 Å². The molecular formula is C32H22. The first-order valence-corrected chi connectivity index (χ1v) is 11.7. The van der Waals surface area contributed by atoms with Crippen LogP contribution < -0.4 is 0 Å². The molecule has 0 heterocycles. The molecule has 2 atom stereocenters. The Morgan fingerprint density at radius 3 is 2.00 bits per heavy atom. The van der Waals surface area contributed by atoms with Gasteiger partial charge in [0.2, 0.25) is 0 Å². The van der Waals surface area contributed by atoms with Crippen LogP contribution in [0.1, 0.15) is 39.3 Å². The van der Waals surface area contributed by atoms with E-state index in [1.165, 1.54) is 44.5 Å². The molecule has 0 N–H and O–H groups in total. The molecule has 150 valence electrons. The molecule has 8 rings (SSSR count). The molecule has 0 saturated carbocycles. The topological polar surface area (TPSA) is 0 Å². The number of fused-ring (bicyclic) bond motifs is 14. The van der Waals surface area contributed by atoms with Crippen LogP contribution in [0.3, 0.4) is 0 Å². The highest BCUT2D eigenvalue weighted by Gasteiger charge is 2.57. The normalized spacial score (nSPS) is 21.6.